The summed E-state index contributed by atoms with van der Waals surface area (Å²) in [6.45, 7) is 1.01. The van der Waals surface area contributed by atoms with Crippen molar-refractivity contribution in [3.05, 3.63) is 60.4 Å². The molecule has 128 valence electrons. The number of hydrogen-bond donors (Lipinski definition) is 0. The number of anilines is 1. The van der Waals surface area contributed by atoms with E-state index >= 15 is 0 Å². The molecule has 0 N–H and O–H groups in total. The summed E-state index contributed by atoms with van der Waals surface area (Å²) in [5, 5.41) is 0. The van der Waals surface area contributed by atoms with Crippen molar-refractivity contribution in [2.24, 2.45) is 0 Å². The standard InChI is InChI=1S/C20H21N3O2/c1-22(15-8-3-2-4-9-15)19(24)14-23-17-11-6-5-10-16(17)21-20(23)18-12-7-13-25-18/h2-6,8-11,18H,7,12-14H2,1H3. The molecular formula is C20H21N3O2. The van der Waals surface area contributed by atoms with Gasteiger partial charge in [-0.3, -0.25) is 4.79 Å². The number of carbonyl (C=O) groups is 1. The van der Waals surface area contributed by atoms with Gasteiger partial charge in [-0.25, -0.2) is 4.98 Å². The molecule has 5 heteroatoms. The Labute approximate surface area is 146 Å². The third-order valence-corrected chi connectivity index (χ3v) is 4.71. The zero-order valence-electron chi connectivity index (χ0n) is 14.3. The van der Waals surface area contributed by atoms with E-state index in [1.54, 1.807) is 4.90 Å². The maximum Gasteiger partial charge on any atom is 0.246 e. The van der Waals surface area contributed by atoms with Gasteiger partial charge >= 0.3 is 0 Å². The molecule has 1 fully saturated rings. The molecule has 3 aromatic rings. The van der Waals surface area contributed by atoms with Crippen LogP contribution in [0.5, 0.6) is 0 Å². The van der Waals surface area contributed by atoms with Gasteiger partial charge in [0.05, 0.1) is 11.0 Å². The van der Waals surface area contributed by atoms with E-state index in [9.17, 15) is 4.79 Å². The van der Waals surface area contributed by atoms with Crippen LogP contribution in [0.1, 0.15) is 24.8 Å². The summed E-state index contributed by atoms with van der Waals surface area (Å²) < 4.78 is 7.83. The highest BCUT2D eigenvalue weighted by atomic mass is 16.5. The molecule has 25 heavy (non-hydrogen) atoms. The molecule has 0 aliphatic carbocycles. The van der Waals surface area contributed by atoms with E-state index in [2.05, 4.69) is 0 Å². The Kier molecular flexibility index (Phi) is 4.24. The molecule has 1 amide bonds. The summed E-state index contributed by atoms with van der Waals surface area (Å²) in [6.07, 6.45) is 1.96. The van der Waals surface area contributed by atoms with Crippen LogP contribution in [0.15, 0.2) is 54.6 Å². The Hall–Kier alpha value is -2.66. The first-order valence-electron chi connectivity index (χ1n) is 8.62. The van der Waals surface area contributed by atoms with Crippen LogP contribution in [0.25, 0.3) is 11.0 Å². The zero-order chi connectivity index (χ0) is 17.2. The lowest BCUT2D eigenvalue weighted by Crippen LogP contribution is -2.30. The van der Waals surface area contributed by atoms with Crippen LogP contribution >= 0.6 is 0 Å². The van der Waals surface area contributed by atoms with E-state index in [4.69, 9.17) is 9.72 Å². The van der Waals surface area contributed by atoms with Gasteiger partial charge in [-0.05, 0) is 37.1 Å². The molecule has 1 aliphatic heterocycles. The Bertz CT molecular complexity index is 882. The summed E-state index contributed by atoms with van der Waals surface area (Å²) in [5.41, 5.74) is 2.77. The third-order valence-electron chi connectivity index (χ3n) is 4.71. The lowest BCUT2D eigenvalue weighted by molar-refractivity contribution is -0.118. The quantitative estimate of drug-likeness (QED) is 0.732. The number of ether oxygens (including phenoxy) is 1. The second-order valence-corrected chi connectivity index (χ2v) is 6.33. The van der Waals surface area contributed by atoms with Crippen molar-refractivity contribution in [1.82, 2.24) is 9.55 Å². The van der Waals surface area contributed by atoms with E-state index in [-0.39, 0.29) is 18.6 Å². The van der Waals surface area contributed by atoms with E-state index in [1.807, 2.05) is 66.2 Å². The first-order valence-corrected chi connectivity index (χ1v) is 8.62. The Balaban J connectivity index is 1.68. The number of hydrogen-bond acceptors (Lipinski definition) is 3. The third kappa shape index (κ3) is 3.03. The van der Waals surface area contributed by atoms with Crippen LogP contribution in [0, 0.1) is 0 Å². The van der Waals surface area contributed by atoms with Gasteiger partial charge in [-0.1, -0.05) is 30.3 Å². The number of benzene rings is 2. The predicted molar refractivity (Wildman–Crippen MR) is 97.5 cm³/mol. The van der Waals surface area contributed by atoms with Gasteiger partial charge in [-0.2, -0.15) is 0 Å². The number of imidazole rings is 1. The average molecular weight is 335 g/mol. The van der Waals surface area contributed by atoms with Crippen molar-refractivity contribution in [3.8, 4) is 0 Å². The minimum atomic E-state index is -0.0257. The molecule has 5 nitrogen and oxygen atoms in total. The van der Waals surface area contributed by atoms with Gasteiger partial charge in [0.25, 0.3) is 0 Å². The zero-order valence-corrected chi connectivity index (χ0v) is 14.3. The molecule has 1 atom stereocenters. The molecule has 1 unspecified atom stereocenters. The number of fused-ring (bicyclic) bond motifs is 1. The summed E-state index contributed by atoms with van der Waals surface area (Å²) >= 11 is 0. The Morgan fingerprint density at radius 3 is 2.72 bits per heavy atom. The van der Waals surface area contributed by atoms with Crippen LogP contribution in [0.3, 0.4) is 0 Å². The largest absolute Gasteiger partial charge is 0.370 e. The van der Waals surface area contributed by atoms with E-state index in [0.29, 0.717) is 0 Å². The normalized spacial score (nSPS) is 17.1. The maximum atomic E-state index is 12.9. The van der Waals surface area contributed by atoms with Crippen LogP contribution in [-0.4, -0.2) is 29.1 Å². The maximum absolute atomic E-state index is 12.9. The monoisotopic (exact) mass is 335 g/mol. The minimum Gasteiger partial charge on any atom is -0.370 e. The SMILES string of the molecule is CN(C(=O)Cn1c(C2CCCO2)nc2ccccc21)c1ccccc1. The molecule has 2 heterocycles. The topological polar surface area (TPSA) is 47.4 Å². The van der Waals surface area contributed by atoms with E-state index in [1.165, 1.54) is 0 Å². The smallest absolute Gasteiger partial charge is 0.246 e. The number of nitrogens with zero attached hydrogens (tertiary/aromatic N) is 3. The lowest BCUT2D eigenvalue weighted by atomic mass is 10.2. The van der Waals surface area contributed by atoms with Crippen molar-refractivity contribution in [2.75, 3.05) is 18.6 Å². The van der Waals surface area contributed by atoms with Gasteiger partial charge in [0, 0.05) is 19.3 Å². The average Bonchev–Trinajstić information content (AvgIpc) is 3.30. The number of aromatic nitrogens is 2. The second-order valence-electron chi connectivity index (χ2n) is 6.33. The fourth-order valence-electron chi connectivity index (χ4n) is 3.32. The number of amides is 1. The molecule has 0 bridgehead atoms. The van der Waals surface area contributed by atoms with Gasteiger partial charge in [0.1, 0.15) is 18.5 Å². The molecule has 0 spiro atoms. The fourth-order valence-corrected chi connectivity index (χ4v) is 3.32. The molecule has 1 aromatic heterocycles. The Morgan fingerprint density at radius 2 is 1.96 bits per heavy atom. The van der Waals surface area contributed by atoms with Crippen molar-refractivity contribution in [2.45, 2.75) is 25.5 Å². The molecule has 0 saturated carbocycles. The number of likely N-dealkylation sites (N-methyl/N-ethyl adjacent to an activating group) is 1. The molecule has 4 rings (SSSR count). The number of para-hydroxylation sites is 3. The summed E-state index contributed by atoms with van der Waals surface area (Å²) in [4.78, 5) is 19.3. The van der Waals surface area contributed by atoms with Crippen LogP contribution in [0.4, 0.5) is 5.69 Å². The lowest BCUT2D eigenvalue weighted by Gasteiger charge is -2.19. The van der Waals surface area contributed by atoms with Gasteiger partial charge < -0.3 is 14.2 Å². The van der Waals surface area contributed by atoms with E-state index in [0.717, 1.165) is 42.0 Å². The van der Waals surface area contributed by atoms with Crippen molar-refractivity contribution < 1.29 is 9.53 Å². The van der Waals surface area contributed by atoms with Gasteiger partial charge in [0.15, 0.2) is 0 Å². The Morgan fingerprint density at radius 1 is 1.20 bits per heavy atom. The molecule has 1 aliphatic rings. The van der Waals surface area contributed by atoms with Crippen LogP contribution < -0.4 is 4.90 Å². The number of rotatable bonds is 4. The van der Waals surface area contributed by atoms with Crippen LogP contribution in [-0.2, 0) is 16.1 Å². The molecule has 2 aromatic carbocycles. The highest BCUT2D eigenvalue weighted by Gasteiger charge is 2.26. The second kappa shape index (κ2) is 6.69. The molecule has 1 saturated heterocycles. The summed E-state index contributed by atoms with van der Waals surface area (Å²) in [6, 6.07) is 17.6. The van der Waals surface area contributed by atoms with Crippen molar-refractivity contribution in [1.29, 1.82) is 0 Å². The molecule has 0 radical (unpaired) electrons. The number of carbonyl (C=O) groups excluding carboxylic acids is 1. The highest BCUT2D eigenvalue weighted by molar-refractivity contribution is 5.93. The highest BCUT2D eigenvalue weighted by Crippen LogP contribution is 2.30. The van der Waals surface area contributed by atoms with Crippen LogP contribution in [0.2, 0.25) is 0 Å². The van der Waals surface area contributed by atoms with E-state index < -0.39 is 0 Å². The molecular weight excluding hydrogens is 314 g/mol. The summed E-state index contributed by atoms with van der Waals surface area (Å²) in [5.74, 6) is 0.877. The van der Waals surface area contributed by atoms with Gasteiger partial charge in [0.2, 0.25) is 5.91 Å². The predicted octanol–water partition coefficient (Wildman–Crippen LogP) is 3.55. The first-order chi connectivity index (χ1) is 12.2. The summed E-state index contributed by atoms with van der Waals surface area (Å²) in [7, 11) is 1.81. The fraction of sp³-hybridized carbons (Fsp3) is 0.300. The first kappa shape index (κ1) is 15.8. The van der Waals surface area contributed by atoms with Gasteiger partial charge in [-0.15, -0.1) is 0 Å². The minimum absolute atomic E-state index is 0.0219. The van der Waals surface area contributed by atoms with Crippen molar-refractivity contribution >= 4 is 22.6 Å². The van der Waals surface area contributed by atoms with Crippen molar-refractivity contribution in [3.63, 3.8) is 0 Å².